The number of aryl methyl sites for hydroxylation is 1. The molecule has 1 unspecified atom stereocenters. The zero-order chi connectivity index (χ0) is 22.9. The highest BCUT2D eigenvalue weighted by molar-refractivity contribution is 5.89. The average Bonchev–Trinajstić information content (AvgIpc) is 3.33. The van der Waals surface area contributed by atoms with Crippen LogP contribution in [0, 0.1) is 17.0 Å². The lowest BCUT2D eigenvalue weighted by Crippen LogP contribution is -2.39. The van der Waals surface area contributed by atoms with E-state index in [1.165, 1.54) is 10.7 Å². The predicted octanol–water partition coefficient (Wildman–Crippen LogP) is 4.02. The van der Waals surface area contributed by atoms with Crippen molar-refractivity contribution in [3.8, 4) is 11.5 Å². The van der Waals surface area contributed by atoms with Gasteiger partial charge in [-0.3, -0.25) is 4.79 Å². The molecule has 0 aliphatic heterocycles. The second kappa shape index (κ2) is 8.76. The van der Waals surface area contributed by atoms with Gasteiger partial charge in [0.05, 0.1) is 30.8 Å². The van der Waals surface area contributed by atoms with Crippen molar-refractivity contribution in [2.45, 2.75) is 52.0 Å². The summed E-state index contributed by atoms with van der Waals surface area (Å²) in [4.78, 5) is 24.7. The van der Waals surface area contributed by atoms with Gasteiger partial charge < -0.3 is 10.1 Å². The van der Waals surface area contributed by atoms with Crippen molar-refractivity contribution in [2.24, 2.45) is 12.5 Å². The molecular formula is C22H26F2N6O2. The number of ether oxygens (including phenoxy) is 1. The number of esters is 1. The van der Waals surface area contributed by atoms with Crippen LogP contribution >= 0.6 is 0 Å². The van der Waals surface area contributed by atoms with Gasteiger partial charge in [-0.05, 0) is 31.2 Å². The number of hydrogen-bond acceptors (Lipinski definition) is 7. The first-order valence-electron chi connectivity index (χ1n) is 10.7. The molecule has 1 fully saturated rings. The molecule has 4 rings (SSSR count). The van der Waals surface area contributed by atoms with Crippen LogP contribution < -0.4 is 5.32 Å². The van der Waals surface area contributed by atoms with E-state index in [1.54, 1.807) is 14.0 Å². The molecule has 1 aliphatic carbocycles. The fraction of sp³-hybridized carbons (Fsp3) is 0.500. The third-order valence-corrected chi connectivity index (χ3v) is 6.17. The molecule has 0 spiro atoms. The highest BCUT2D eigenvalue weighted by atomic mass is 19.1. The molecule has 32 heavy (non-hydrogen) atoms. The molecule has 0 saturated heterocycles. The van der Waals surface area contributed by atoms with Crippen molar-refractivity contribution >= 4 is 22.8 Å². The Kier molecular flexibility index (Phi) is 6.03. The van der Waals surface area contributed by atoms with Gasteiger partial charge >= 0.3 is 5.97 Å². The van der Waals surface area contributed by atoms with Crippen LogP contribution in [0.15, 0.2) is 18.5 Å². The highest BCUT2D eigenvalue weighted by Crippen LogP contribution is 2.43. The van der Waals surface area contributed by atoms with Crippen LogP contribution in [0.4, 0.5) is 14.6 Å². The number of carbonyl (C=O) groups excluding carboxylic acids is 1. The smallest absolute Gasteiger partial charge is 0.307 e. The lowest BCUT2D eigenvalue weighted by Gasteiger charge is -2.34. The van der Waals surface area contributed by atoms with Crippen molar-refractivity contribution in [1.29, 1.82) is 0 Å². The Labute approximate surface area is 184 Å². The Bertz CT molecular complexity index is 1140. The molecule has 0 radical (unpaired) electrons. The number of halogens is 2. The molecule has 1 aliphatic rings. The normalized spacial score (nSPS) is 16.3. The van der Waals surface area contributed by atoms with Gasteiger partial charge in [-0.25, -0.2) is 28.4 Å². The minimum Gasteiger partial charge on any atom is -0.466 e. The summed E-state index contributed by atoms with van der Waals surface area (Å²) in [6.45, 7) is 4.13. The number of fused-ring (bicyclic) bond motifs is 1. The van der Waals surface area contributed by atoms with E-state index >= 15 is 0 Å². The summed E-state index contributed by atoms with van der Waals surface area (Å²) in [5.74, 6) is -1.39. The van der Waals surface area contributed by atoms with E-state index in [-0.39, 0.29) is 42.1 Å². The molecule has 0 aromatic carbocycles. The maximum atomic E-state index is 14.7. The number of rotatable bonds is 7. The van der Waals surface area contributed by atoms with Gasteiger partial charge in [0.2, 0.25) is 0 Å². The second-order valence-corrected chi connectivity index (χ2v) is 8.45. The first kappa shape index (κ1) is 22.0. The van der Waals surface area contributed by atoms with Gasteiger partial charge in [0.15, 0.2) is 23.1 Å². The molecule has 1 saturated carbocycles. The summed E-state index contributed by atoms with van der Waals surface area (Å²) in [6, 6.07) is 0.939. The van der Waals surface area contributed by atoms with Gasteiger partial charge in [0, 0.05) is 13.1 Å². The van der Waals surface area contributed by atoms with Crippen LogP contribution in [-0.2, 0) is 16.6 Å². The fourth-order valence-corrected chi connectivity index (χ4v) is 4.42. The van der Waals surface area contributed by atoms with Crippen LogP contribution in [0.3, 0.4) is 0 Å². The minimum atomic E-state index is -0.645. The zero-order valence-corrected chi connectivity index (χ0v) is 18.4. The van der Waals surface area contributed by atoms with Crippen molar-refractivity contribution in [1.82, 2.24) is 24.7 Å². The van der Waals surface area contributed by atoms with Crippen molar-refractivity contribution < 1.29 is 18.3 Å². The molecule has 170 valence electrons. The lowest BCUT2D eigenvalue weighted by molar-refractivity contribution is -0.144. The summed E-state index contributed by atoms with van der Waals surface area (Å²) < 4.78 is 35.2. The van der Waals surface area contributed by atoms with Crippen LogP contribution in [0.2, 0.25) is 0 Å². The standard InChI is InChI=1S/C22H26F2N6O2/c1-4-32-17(31)10-16(22(2)7-5-6-8-22)27-19-15(24)12-25-20(28-19)18-14-9-13(23)11-26-21(14)30(3)29-18/h9,11-12,16H,4-8,10H2,1-3H3,(H,25,27,28). The van der Waals surface area contributed by atoms with Crippen LogP contribution in [0.1, 0.15) is 46.0 Å². The molecular weight excluding hydrogens is 418 g/mol. The predicted molar refractivity (Wildman–Crippen MR) is 115 cm³/mol. The van der Waals surface area contributed by atoms with E-state index in [0.29, 0.717) is 16.7 Å². The van der Waals surface area contributed by atoms with Crippen molar-refractivity contribution in [3.05, 3.63) is 30.1 Å². The van der Waals surface area contributed by atoms with Crippen molar-refractivity contribution in [3.63, 3.8) is 0 Å². The Hall–Kier alpha value is -3.17. The Morgan fingerprint density at radius 1 is 1.28 bits per heavy atom. The van der Waals surface area contributed by atoms with E-state index in [9.17, 15) is 13.6 Å². The first-order valence-corrected chi connectivity index (χ1v) is 10.7. The molecule has 1 atom stereocenters. The topological polar surface area (TPSA) is 94.8 Å². The number of nitrogens with zero attached hydrogens (tertiary/aromatic N) is 5. The molecule has 3 aromatic rings. The van der Waals surface area contributed by atoms with E-state index in [2.05, 4.69) is 32.3 Å². The molecule has 0 bridgehead atoms. The summed E-state index contributed by atoms with van der Waals surface area (Å²) in [5.41, 5.74) is 0.559. The van der Waals surface area contributed by atoms with Crippen LogP contribution in [0.5, 0.6) is 0 Å². The zero-order valence-electron chi connectivity index (χ0n) is 18.4. The number of nitrogens with one attached hydrogen (secondary N) is 1. The van der Waals surface area contributed by atoms with E-state index < -0.39 is 11.6 Å². The minimum absolute atomic E-state index is 0.0272. The van der Waals surface area contributed by atoms with Crippen LogP contribution in [0.25, 0.3) is 22.6 Å². The van der Waals surface area contributed by atoms with Crippen molar-refractivity contribution in [2.75, 3.05) is 11.9 Å². The van der Waals surface area contributed by atoms with Gasteiger partial charge in [-0.15, -0.1) is 0 Å². The summed E-state index contributed by atoms with van der Waals surface area (Å²) in [5, 5.41) is 7.92. The number of aromatic nitrogens is 5. The highest BCUT2D eigenvalue weighted by Gasteiger charge is 2.39. The summed E-state index contributed by atoms with van der Waals surface area (Å²) in [6.07, 6.45) is 6.19. The quantitative estimate of drug-likeness (QED) is 0.550. The monoisotopic (exact) mass is 444 g/mol. The molecule has 0 amide bonds. The van der Waals surface area contributed by atoms with Gasteiger partial charge in [-0.1, -0.05) is 19.8 Å². The van der Waals surface area contributed by atoms with Crippen LogP contribution in [-0.4, -0.2) is 43.4 Å². The lowest BCUT2D eigenvalue weighted by atomic mass is 9.79. The Morgan fingerprint density at radius 2 is 2.03 bits per heavy atom. The van der Waals surface area contributed by atoms with E-state index in [1.807, 2.05) is 0 Å². The molecule has 1 N–H and O–H groups in total. The SMILES string of the molecule is CCOC(=O)CC(Nc1nc(-c2nn(C)c3ncc(F)cc23)ncc1F)C1(C)CCCC1. The van der Waals surface area contributed by atoms with E-state index in [0.717, 1.165) is 38.1 Å². The molecule has 3 heterocycles. The van der Waals surface area contributed by atoms with Gasteiger partial charge in [0.25, 0.3) is 0 Å². The maximum Gasteiger partial charge on any atom is 0.307 e. The second-order valence-electron chi connectivity index (χ2n) is 8.45. The number of carbonyl (C=O) groups is 1. The third kappa shape index (κ3) is 4.26. The fourth-order valence-electron chi connectivity index (χ4n) is 4.42. The Balaban J connectivity index is 1.70. The molecule has 3 aromatic heterocycles. The van der Waals surface area contributed by atoms with Gasteiger partial charge in [0.1, 0.15) is 11.5 Å². The maximum absolute atomic E-state index is 14.7. The Morgan fingerprint density at radius 3 is 2.75 bits per heavy atom. The molecule has 8 nitrogen and oxygen atoms in total. The van der Waals surface area contributed by atoms with Gasteiger partial charge in [-0.2, -0.15) is 5.10 Å². The third-order valence-electron chi connectivity index (χ3n) is 6.17. The first-order chi connectivity index (χ1) is 15.3. The van der Waals surface area contributed by atoms with E-state index in [4.69, 9.17) is 4.74 Å². The number of pyridine rings is 1. The average molecular weight is 444 g/mol. The largest absolute Gasteiger partial charge is 0.466 e. The summed E-state index contributed by atoms with van der Waals surface area (Å²) in [7, 11) is 1.68. The molecule has 10 heteroatoms. The number of anilines is 1. The summed E-state index contributed by atoms with van der Waals surface area (Å²) >= 11 is 0. The number of hydrogen-bond donors (Lipinski definition) is 1.